The molecule has 2 heteroatoms. The molecule has 0 aromatic heterocycles. The number of rotatable bonds is 5. The van der Waals surface area contributed by atoms with Crippen LogP contribution in [0.4, 0.5) is 0 Å². The maximum absolute atomic E-state index is 9.67. The number of hydrogen-bond acceptors (Lipinski definition) is 2. The van der Waals surface area contributed by atoms with Crippen LogP contribution in [0.1, 0.15) is 38.8 Å². The van der Waals surface area contributed by atoms with Gasteiger partial charge in [-0.3, -0.25) is 0 Å². The summed E-state index contributed by atoms with van der Waals surface area (Å²) in [6, 6.07) is 8.61. The second-order valence-electron chi connectivity index (χ2n) is 6.17. The molecule has 0 aliphatic rings. The largest absolute Gasteiger partial charge is 0.389 e. The lowest BCUT2D eigenvalue weighted by atomic mass is 9.84. The zero-order valence-corrected chi connectivity index (χ0v) is 11.7. The summed E-state index contributed by atoms with van der Waals surface area (Å²) in [5, 5.41) is 13.0. The fourth-order valence-electron chi connectivity index (χ4n) is 1.85. The van der Waals surface area contributed by atoms with Crippen molar-refractivity contribution in [3.63, 3.8) is 0 Å². The molecule has 0 saturated heterocycles. The molecule has 96 valence electrons. The number of nitrogens with one attached hydrogen (secondary N) is 1. The predicted octanol–water partition coefficient (Wildman–Crippen LogP) is 2.63. The summed E-state index contributed by atoms with van der Waals surface area (Å²) in [6.07, 6.45) is 0. The third-order valence-corrected chi connectivity index (χ3v) is 2.92. The maximum atomic E-state index is 9.67. The molecule has 1 rings (SSSR count). The lowest BCUT2D eigenvalue weighted by Crippen LogP contribution is -2.41. The van der Waals surface area contributed by atoms with E-state index in [1.807, 2.05) is 13.8 Å². The molecule has 2 nitrogen and oxygen atoms in total. The van der Waals surface area contributed by atoms with E-state index in [9.17, 15) is 5.11 Å². The number of benzene rings is 1. The van der Waals surface area contributed by atoms with Crippen LogP contribution in [0, 0.1) is 6.92 Å². The SMILES string of the molecule is Cc1cccc(C(C)(C)CNCC(C)(C)O)c1. The topological polar surface area (TPSA) is 32.3 Å². The van der Waals surface area contributed by atoms with Crippen molar-refractivity contribution in [2.24, 2.45) is 0 Å². The first-order valence-electron chi connectivity index (χ1n) is 6.21. The smallest absolute Gasteiger partial charge is 0.0715 e. The van der Waals surface area contributed by atoms with Crippen LogP contribution in [0.3, 0.4) is 0 Å². The Balaban J connectivity index is 2.62. The molecule has 0 heterocycles. The van der Waals surface area contributed by atoms with Gasteiger partial charge >= 0.3 is 0 Å². The Labute approximate surface area is 105 Å². The van der Waals surface area contributed by atoms with Gasteiger partial charge in [-0.05, 0) is 26.3 Å². The maximum Gasteiger partial charge on any atom is 0.0715 e. The summed E-state index contributed by atoms with van der Waals surface area (Å²) >= 11 is 0. The molecule has 0 saturated carbocycles. The molecule has 0 fully saturated rings. The van der Waals surface area contributed by atoms with Gasteiger partial charge in [-0.25, -0.2) is 0 Å². The van der Waals surface area contributed by atoms with Crippen molar-refractivity contribution in [2.45, 2.75) is 45.6 Å². The van der Waals surface area contributed by atoms with E-state index in [1.54, 1.807) is 0 Å². The van der Waals surface area contributed by atoms with E-state index in [0.717, 1.165) is 6.54 Å². The van der Waals surface area contributed by atoms with Crippen LogP contribution >= 0.6 is 0 Å². The van der Waals surface area contributed by atoms with Crippen molar-refractivity contribution < 1.29 is 5.11 Å². The van der Waals surface area contributed by atoms with E-state index in [0.29, 0.717) is 6.54 Å². The van der Waals surface area contributed by atoms with Crippen LogP contribution in [0.25, 0.3) is 0 Å². The van der Waals surface area contributed by atoms with E-state index in [2.05, 4.69) is 50.4 Å². The van der Waals surface area contributed by atoms with Crippen LogP contribution in [-0.2, 0) is 5.41 Å². The number of aryl methyl sites for hydroxylation is 1. The van der Waals surface area contributed by atoms with Gasteiger partial charge in [-0.2, -0.15) is 0 Å². The summed E-state index contributed by atoms with van der Waals surface area (Å²) in [7, 11) is 0. The van der Waals surface area contributed by atoms with E-state index in [-0.39, 0.29) is 5.41 Å². The van der Waals surface area contributed by atoms with Crippen molar-refractivity contribution in [2.75, 3.05) is 13.1 Å². The predicted molar refractivity (Wildman–Crippen MR) is 73.4 cm³/mol. The van der Waals surface area contributed by atoms with Crippen LogP contribution < -0.4 is 5.32 Å². The first-order chi connectivity index (χ1) is 7.71. The van der Waals surface area contributed by atoms with Gasteiger partial charge in [0.1, 0.15) is 0 Å². The van der Waals surface area contributed by atoms with E-state index in [1.165, 1.54) is 11.1 Å². The molecule has 0 aliphatic heterocycles. The molecule has 0 radical (unpaired) electrons. The standard InChI is InChI=1S/C15H25NO/c1-12-7-6-8-13(9-12)14(2,3)10-16-11-15(4,5)17/h6-9,16-17H,10-11H2,1-5H3. The van der Waals surface area contributed by atoms with Gasteiger partial charge in [0.05, 0.1) is 5.60 Å². The normalized spacial score (nSPS) is 12.8. The Morgan fingerprint density at radius 3 is 2.29 bits per heavy atom. The molecule has 0 spiro atoms. The minimum Gasteiger partial charge on any atom is -0.389 e. The van der Waals surface area contributed by atoms with E-state index in [4.69, 9.17) is 0 Å². The minimum absolute atomic E-state index is 0.0806. The number of hydrogen-bond donors (Lipinski definition) is 2. The van der Waals surface area contributed by atoms with Crippen LogP contribution in [0.5, 0.6) is 0 Å². The fraction of sp³-hybridized carbons (Fsp3) is 0.600. The lowest BCUT2D eigenvalue weighted by Gasteiger charge is -2.28. The van der Waals surface area contributed by atoms with Crippen LogP contribution in [0.15, 0.2) is 24.3 Å². The highest BCUT2D eigenvalue weighted by atomic mass is 16.3. The first-order valence-corrected chi connectivity index (χ1v) is 6.21. The van der Waals surface area contributed by atoms with Gasteiger partial charge in [-0.1, -0.05) is 43.7 Å². The highest BCUT2D eigenvalue weighted by Crippen LogP contribution is 2.23. The second-order valence-corrected chi connectivity index (χ2v) is 6.17. The van der Waals surface area contributed by atoms with Gasteiger partial charge in [0.2, 0.25) is 0 Å². The molecule has 1 aromatic carbocycles. The van der Waals surface area contributed by atoms with Crippen molar-refractivity contribution >= 4 is 0 Å². The molecular formula is C15H25NO. The molecule has 0 amide bonds. The van der Waals surface area contributed by atoms with Crippen molar-refractivity contribution in [1.29, 1.82) is 0 Å². The Morgan fingerprint density at radius 1 is 1.12 bits per heavy atom. The highest BCUT2D eigenvalue weighted by molar-refractivity contribution is 5.28. The summed E-state index contributed by atoms with van der Waals surface area (Å²) in [5.74, 6) is 0. The summed E-state index contributed by atoms with van der Waals surface area (Å²) in [5.41, 5.74) is 2.05. The monoisotopic (exact) mass is 235 g/mol. The Kier molecular flexibility index (Phi) is 4.34. The quantitative estimate of drug-likeness (QED) is 0.822. The van der Waals surface area contributed by atoms with Gasteiger partial charge in [0, 0.05) is 18.5 Å². The summed E-state index contributed by atoms with van der Waals surface area (Å²) in [4.78, 5) is 0. The van der Waals surface area contributed by atoms with E-state index < -0.39 is 5.60 Å². The molecule has 2 N–H and O–H groups in total. The Morgan fingerprint density at radius 2 is 1.76 bits per heavy atom. The summed E-state index contributed by atoms with van der Waals surface area (Å²) < 4.78 is 0. The van der Waals surface area contributed by atoms with Crippen molar-refractivity contribution in [1.82, 2.24) is 5.32 Å². The van der Waals surface area contributed by atoms with E-state index >= 15 is 0 Å². The lowest BCUT2D eigenvalue weighted by molar-refractivity contribution is 0.0785. The first kappa shape index (κ1) is 14.2. The average Bonchev–Trinajstić information content (AvgIpc) is 2.15. The number of aliphatic hydroxyl groups is 1. The third-order valence-electron chi connectivity index (χ3n) is 2.92. The fourth-order valence-corrected chi connectivity index (χ4v) is 1.85. The Bertz CT molecular complexity index is 363. The van der Waals surface area contributed by atoms with Crippen LogP contribution in [0.2, 0.25) is 0 Å². The molecule has 17 heavy (non-hydrogen) atoms. The molecular weight excluding hydrogens is 210 g/mol. The van der Waals surface area contributed by atoms with Gasteiger partial charge in [0.25, 0.3) is 0 Å². The minimum atomic E-state index is -0.650. The average molecular weight is 235 g/mol. The summed E-state index contributed by atoms with van der Waals surface area (Å²) in [6.45, 7) is 11.7. The molecule has 0 aliphatic carbocycles. The van der Waals surface area contributed by atoms with Gasteiger partial charge in [-0.15, -0.1) is 0 Å². The van der Waals surface area contributed by atoms with Gasteiger partial charge < -0.3 is 10.4 Å². The molecule has 0 unspecified atom stereocenters. The zero-order chi connectivity index (χ0) is 13.1. The second kappa shape index (κ2) is 5.19. The molecule has 0 bridgehead atoms. The molecule has 0 atom stereocenters. The Hall–Kier alpha value is -0.860. The van der Waals surface area contributed by atoms with Crippen molar-refractivity contribution in [3.05, 3.63) is 35.4 Å². The zero-order valence-electron chi connectivity index (χ0n) is 11.7. The van der Waals surface area contributed by atoms with Crippen LogP contribution in [-0.4, -0.2) is 23.8 Å². The third kappa shape index (κ3) is 4.88. The molecule has 1 aromatic rings. The van der Waals surface area contributed by atoms with Gasteiger partial charge in [0.15, 0.2) is 0 Å². The highest BCUT2D eigenvalue weighted by Gasteiger charge is 2.21. The van der Waals surface area contributed by atoms with Crippen molar-refractivity contribution in [3.8, 4) is 0 Å².